The molecular weight excluding hydrogens is 534 g/mol. The van der Waals surface area contributed by atoms with E-state index in [2.05, 4.69) is 23.3 Å². The molecule has 0 unspecified atom stereocenters. The second-order valence-electron chi connectivity index (χ2n) is 10.9. The smallest absolute Gasteiger partial charge is 0.337 e. The first-order valence-corrected chi connectivity index (χ1v) is 13.9. The van der Waals surface area contributed by atoms with E-state index in [1.54, 1.807) is 11.3 Å². The number of carboxylic acid groups (broad SMARTS) is 1. The Bertz CT molecular complexity index is 1710. The van der Waals surface area contributed by atoms with Crippen LogP contribution < -0.4 is 0 Å². The van der Waals surface area contributed by atoms with Gasteiger partial charge in [-0.3, -0.25) is 4.68 Å². The quantitative estimate of drug-likeness (QED) is 0.232. The SMILES string of the molecule is Cc1cc2nc(-c3ccc4c(cnn4C4COC4)c3)sc2c(-c2ccc(Cl)cc2)c1[C@H](OC(C)(C)C)C(=O)O. The molecule has 2 aromatic heterocycles. The van der Waals surface area contributed by atoms with Crippen LogP contribution in [0.4, 0.5) is 0 Å². The van der Waals surface area contributed by atoms with Crippen molar-refractivity contribution in [1.29, 1.82) is 0 Å². The lowest BCUT2D eigenvalue weighted by atomic mass is 9.91. The van der Waals surface area contributed by atoms with Gasteiger partial charge in [-0.25, -0.2) is 9.78 Å². The molecule has 0 spiro atoms. The molecule has 1 fully saturated rings. The molecule has 39 heavy (non-hydrogen) atoms. The molecule has 3 heterocycles. The number of fused-ring (bicyclic) bond motifs is 2. The second kappa shape index (κ2) is 9.71. The summed E-state index contributed by atoms with van der Waals surface area (Å²) in [7, 11) is 0. The fourth-order valence-electron chi connectivity index (χ4n) is 5.00. The van der Waals surface area contributed by atoms with E-state index in [4.69, 9.17) is 26.1 Å². The number of carboxylic acids is 1. The van der Waals surface area contributed by atoms with Gasteiger partial charge in [-0.05, 0) is 75.2 Å². The summed E-state index contributed by atoms with van der Waals surface area (Å²) in [5.41, 5.74) is 5.30. The summed E-state index contributed by atoms with van der Waals surface area (Å²) >= 11 is 7.76. The number of hydrogen-bond donors (Lipinski definition) is 1. The van der Waals surface area contributed by atoms with Crippen LogP contribution in [0.5, 0.6) is 0 Å². The third-order valence-electron chi connectivity index (χ3n) is 6.83. The first-order chi connectivity index (χ1) is 18.6. The van der Waals surface area contributed by atoms with Gasteiger partial charge in [0.05, 0.1) is 46.8 Å². The molecule has 0 saturated carbocycles. The highest BCUT2D eigenvalue weighted by atomic mass is 35.5. The predicted octanol–water partition coefficient (Wildman–Crippen LogP) is 7.45. The number of thiazole rings is 1. The lowest BCUT2D eigenvalue weighted by molar-refractivity contribution is -0.160. The largest absolute Gasteiger partial charge is 0.479 e. The highest BCUT2D eigenvalue weighted by molar-refractivity contribution is 7.22. The van der Waals surface area contributed by atoms with Crippen molar-refractivity contribution in [2.45, 2.75) is 45.4 Å². The Balaban J connectivity index is 1.54. The number of carbonyl (C=O) groups is 1. The minimum Gasteiger partial charge on any atom is -0.479 e. The van der Waals surface area contributed by atoms with Crippen LogP contribution in [0.1, 0.15) is 44.0 Å². The standard InChI is InChI=1S/C30H28ClN3O4S/c1-16-11-22-27(25(17-5-8-20(31)9-6-17)24(16)26(29(35)36)38-30(2,3)4)39-28(33-22)18-7-10-23-19(12-18)13-32-34(23)21-14-37-15-21/h5-13,21,26H,14-15H2,1-4H3,(H,35,36)/t26-/m0/s1. The highest BCUT2D eigenvalue weighted by Crippen LogP contribution is 2.44. The fourth-order valence-corrected chi connectivity index (χ4v) is 6.25. The Morgan fingerprint density at radius 2 is 1.87 bits per heavy atom. The molecule has 0 radical (unpaired) electrons. The molecule has 3 aromatic carbocycles. The maximum Gasteiger partial charge on any atom is 0.337 e. The number of aromatic nitrogens is 3. The molecule has 0 bridgehead atoms. The van der Waals surface area contributed by atoms with Gasteiger partial charge in [0.2, 0.25) is 0 Å². The lowest BCUT2D eigenvalue weighted by Gasteiger charge is -2.28. The average molecular weight is 562 g/mol. The van der Waals surface area contributed by atoms with Crippen molar-refractivity contribution in [3.63, 3.8) is 0 Å². The predicted molar refractivity (Wildman–Crippen MR) is 155 cm³/mol. The van der Waals surface area contributed by atoms with Crippen molar-refractivity contribution in [2.75, 3.05) is 13.2 Å². The molecule has 9 heteroatoms. The topological polar surface area (TPSA) is 86.5 Å². The van der Waals surface area contributed by atoms with Gasteiger partial charge < -0.3 is 14.6 Å². The van der Waals surface area contributed by atoms with Crippen LogP contribution in [0, 0.1) is 6.92 Å². The number of benzene rings is 3. The van der Waals surface area contributed by atoms with Crippen molar-refractivity contribution in [3.8, 4) is 21.7 Å². The zero-order chi connectivity index (χ0) is 27.5. The van der Waals surface area contributed by atoms with Crippen molar-refractivity contribution in [1.82, 2.24) is 14.8 Å². The van der Waals surface area contributed by atoms with Crippen LogP contribution in [0.2, 0.25) is 5.02 Å². The molecule has 5 aromatic rings. The van der Waals surface area contributed by atoms with E-state index in [1.807, 2.05) is 68.9 Å². The zero-order valence-electron chi connectivity index (χ0n) is 22.1. The van der Waals surface area contributed by atoms with Gasteiger partial charge in [-0.1, -0.05) is 23.7 Å². The van der Waals surface area contributed by atoms with Crippen molar-refractivity contribution in [2.24, 2.45) is 0 Å². The normalized spacial score (nSPS) is 15.1. The van der Waals surface area contributed by atoms with Gasteiger partial charge in [0.15, 0.2) is 6.10 Å². The molecule has 200 valence electrons. The molecule has 6 rings (SSSR count). The highest BCUT2D eigenvalue weighted by Gasteiger charge is 2.32. The maximum absolute atomic E-state index is 12.6. The molecule has 7 nitrogen and oxygen atoms in total. The maximum atomic E-state index is 12.6. The van der Waals surface area contributed by atoms with Gasteiger partial charge in [0.25, 0.3) is 0 Å². The van der Waals surface area contributed by atoms with Crippen LogP contribution >= 0.6 is 22.9 Å². The molecule has 1 saturated heterocycles. The van der Waals surface area contributed by atoms with Crippen LogP contribution in [0.15, 0.2) is 54.7 Å². The average Bonchev–Trinajstić information content (AvgIpc) is 3.45. The second-order valence-corrected chi connectivity index (χ2v) is 12.3. The minimum absolute atomic E-state index is 0.275. The van der Waals surface area contributed by atoms with Gasteiger partial charge in [0, 0.05) is 27.1 Å². The molecule has 1 aliphatic rings. The van der Waals surface area contributed by atoms with Crippen LogP contribution in [-0.2, 0) is 14.3 Å². The van der Waals surface area contributed by atoms with E-state index in [0.29, 0.717) is 23.8 Å². The summed E-state index contributed by atoms with van der Waals surface area (Å²) in [4.78, 5) is 17.6. The molecule has 1 atom stereocenters. The molecular formula is C30H28ClN3O4S. The summed E-state index contributed by atoms with van der Waals surface area (Å²) in [6.45, 7) is 8.86. The summed E-state index contributed by atoms with van der Waals surface area (Å²) in [5.74, 6) is -1.04. The van der Waals surface area contributed by atoms with E-state index >= 15 is 0 Å². The Kier molecular flexibility index (Phi) is 6.46. The summed E-state index contributed by atoms with van der Waals surface area (Å²) in [6.07, 6.45) is 0.732. The van der Waals surface area contributed by atoms with Crippen molar-refractivity contribution in [3.05, 3.63) is 70.9 Å². The molecule has 0 aliphatic carbocycles. The van der Waals surface area contributed by atoms with Gasteiger partial charge in [0.1, 0.15) is 5.01 Å². The number of aryl methyl sites for hydroxylation is 1. The Hall–Kier alpha value is -3.30. The zero-order valence-corrected chi connectivity index (χ0v) is 23.6. The van der Waals surface area contributed by atoms with E-state index in [-0.39, 0.29) is 6.04 Å². The Labute approximate surface area is 235 Å². The van der Waals surface area contributed by atoms with Crippen molar-refractivity contribution < 1.29 is 19.4 Å². The number of nitrogens with zero attached hydrogens (tertiary/aromatic N) is 3. The first kappa shape index (κ1) is 26.0. The van der Waals surface area contributed by atoms with E-state index < -0.39 is 17.7 Å². The van der Waals surface area contributed by atoms with Gasteiger partial charge in [-0.15, -0.1) is 11.3 Å². The number of halogens is 1. The Morgan fingerprint density at radius 3 is 2.51 bits per heavy atom. The van der Waals surface area contributed by atoms with Crippen LogP contribution in [0.25, 0.3) is 42.8 Å². The van der Waals surface area contributed by atoms with E-state index in [0.717, 1.165) is 48.4 Å². The third-order valence-corrected chi connectivity index (χ3v) is 8.22. The van der Waals surface area contributed by atoms with E-state index in [9.17, 15) is 9.90 Å². The van der Waals surface area contributed by atoms with Crippen molar-refractivity contribution >= 4 is 50.0 Å². The number of aliphatic carboxylic acids is 1. The summed E-state index contributed by atoms with van der Waals surface area (Å²) in [5, 5.41) is 17.4. The van der Waals surface area contributed by atoms with Crippen LogP contribution in [-0.4, -0.2) is 44.7 Å². The molecule has 1 N–H and O–H groups in total. The first-order valence-electron chi connectivity index (χ1n) is 12.7. The van der Waals surface area contributed by atoms with Gasteiger partial charge >= 0.3 is 5.97 Å². The minimum atomic E-state index is -1.15. The monoisotopic (exact) mass is 561 g/mol. The van der Waals surface area contributed by atoms with Crippen LogP contribution in [0.3, 0.4) is 0 Å². The molecule has 1 aliphatic heterocycles. The summed E-state index contributed by atoms with van der Waals surface area (Å²) < 4.78 is 14.4. The van der Waals surface area contributed by atoms with E-state index in [1.165, 1.54) is 0 Å². The lowest BCUT2D eigenvalue weighted by Crippen LogP contribution is -2.31. The number of hydrogen-bond acceptors (Lipinski definition) is 6. The van der Waals surface area contributed by atoms with Gasteiger partial charge in [-0.2, -0.15) is 5.10 Å². The summed E-state index contributed by atoms with van der Waals surface area (Å²) in [6, 6.07) is 15.9. The Morgan fingerprint density at radius 1 is 1.15 bits per heavy atom. The third kappa shape index (κ3) is 4.82. The number of ether oxygens (including phenoxy) is 2. The number of rotatable bonds is 6. The molecule has 0 amide bonds. The fraction of sp³-hybridized carbons (Fsp3) is 0.300.